The molecule has 9 nitrogen and oxygen atoms in total. The van der Waals surface area contributed by atoms with Gasteiger partial charge in [-0.3, -0.25) is 4.79 Å². The summed E-state index contributed by atoms with van der Waals surface area (Å²) in [5.74, 6) is 0.0141. The maximum atomic E-state index is 13.4. The second-order valence-corrected chi connectivity index (χ2v) is 10.8. The van der Waals surface area contributed by atoms with Crippen molar-refractivity contribution in [3.05, 3.63) is 89.7 Å². The van der Waals surface area contributed by atoms with Gasteiger partial charge in [0.15, 0.2) is 0 Å². The van der Waals surface area contributed by atoms with Gasteiger partial charge in [0.25, 0.3) is 5.91 Å². The summed E-state index contributed by atoms with van der Waals surface area (Å²) in [6.45, 7) is 2.65. The molecule has 198 valence electrons. The van der Waals surface area contributed by atoms with Crippen molar-refractivity contribution in [2.45, 2.75) is 43.4 Å². The number of nitrogens with zero attached hydrogens (tertiary/aromatic N) is 2. The molecule has 0 unspecified atom stereocenters. The zero-order valence-electron chi connectivity index (χ0n) is 21.1. The summed E-state index contributed by atoms with van der Waals surface area (Å²) in [4.78, 5) is 17.2. The number of methoxy groups -OCH3 is 1. The number of sulfonamides is 1. The zero-order valence-corrected chi connectivity index (χ0v) is 21.9. The van der Waals surface area contributed by atoms with E-state index in [0.29, 0.717) is 11.4 Å². The third-order valence-electron chi connectivity index (χ3n) is 5.76. The summed E-state index contributed by atoms with van der Waals surface area (Å²) in [6.07, 6.45) is -2.02. The van der Waals surface area contributed by atoms with Gasteiger partial charge in [-0.15, -0.1) is 0 Å². The van der Waals surface area contributed by atoms with Crippen molar-refractivity contribution in [1.29, 1.82) is 0 Å². The van der Waals surface area contributed by atoms with Gasteiger partial charge in [-0.1, -0.05) is 36.4 Å². The minimum absolute atomic E-state index is 0.00578. The average molecular weight is 528 g/mol. The summed E-state index contributed by atoms with van der Waals surface area (Å²) in [6, 6.07) is 19.3. The molecule has 0 aliphatic heterocycles. The number of aliphatic hydroxyl groups is 2. The van der Waals surface area contributed by atoms with E-state index in [1.807, 2.05) is 30.3 Å². The number of hydrogen-bond acceptors (Lipinski definition) is 7. The van der Waals surface area contributed by atoms with Crippen LogP contribution in [0, 0.1) is 6.92 Å². The molecule has 0 saturated heterocycles. The van der Waals surface area contributed by atoms with Crippen molar-refractivity contribution in [1.82, 2.24) is 14.6 Å². The van der Waals surface area contributed by atoms with Crippen LogP contribution in [0.3, 0.4) is 0 Å². The van der Waals surface area contributed by atoms with Gasteiger partial charge < -0.3 is 20.3 Å². The third kappa shape index (κ3) is 7.83. The van der Waals surface area contributed by atoms with Gasteiger partial charge in [-0.05, 0) is 62.2 Å². The lowest BCUT2D eigenvalue weighted by Gasteiger charge is -2.30. The Morgan fingerprint density at radius 3 is 2.27 bits per heavy atom. The molecule has 0 bridgehead atoms. The molecule has 0 aliphatic rings. The Kier molecular flexibility index (Phi) is 9.76. The molecule has 0 aliphatic carbocycles. The normalized spacial score (nSPS) is 14.1. The van der Waals surface area contributed by atoms with Crippen LogP contribution in [0.25, 0.3) is 0 Å². The molecule has 2 aromatic carbocycles. The van der Waals surface area contributed by atoms with E-state index in [-0.39, 0.29) is 30.1 Å². The molecule has 10 heteroatoms. The second-order valence-electron chi connectivity index (χ2n) is 8.85. The molecule has 1 heterocycles. The van der Waals surface area contributed by atoms with E-state index >= 15 is 0 Å². The average Bonchev–Trinajstić information content (AvgIpc) is 2.88. The van der Waals surface area contributed by atoms with Crippen molar-refractivity contribution in [3.63, 3.8) is 0 Å². The minimum Gasteiger partial charge on any atom is -0.497 e. The first-order chi connectivity index (χ1) is 17.6. The molecular formula is C27H33N3O6S. The predicted molar refractivity (Wildman–Crippen MR) is 140 cm³/mol. The highest BCUT2D eigenvalue weighted by molar-refractivity contribution is 7.89. The van der Waals surface area contributed by atoms with Crippen LogP contribution in [-0.4, -0.2) is 72.3 Å². The van der Waals surface area contributed by atoms with Crippen LogP contribution in [0.4, 0.5) is 0 Å². The van der Waals surface area contributed by atoms with E-state index < -0.39 is 34.2 Å². The van der Waals surface area contributed by atoms with E-state index in [0.717, 1.165) is 9.87 Å². The Balaban J connectivity index is 1.88. The van der Waals surface area contributed by atoms with Gasteiger partial charge in [-0.2, -0.15) is 4.31 Å². The molecule has 3 atom stereocenters. The predicted octanol–water partition coefficient (Wildman–Crippen LogP) is 2.17. The van der Waals surface area contributed by atoms with Crippen LogP contribution < -0.4 is 10.1 Å². The summed E-state index contributed by atoms with van der Waals surface area (Å²) in [5.41, 5.74) is 1.71. The number of benzene rings is 2. The summed E-state index contributed by atoms with van der Waals surface area (Å²) in [7, 11) is -2.60. The van der Waals surface area contributed by atoms with Gasteiger partial charge >= 0.3 is 0 Å². The van der Waals surface area contributed by atoms with Gasteiger partial charge in [-0.25, -0.2) is 13.4 Å². The van der Waals surface area contributed by atoms with Gasteiger partial charge in [0.1, 0.15) is 11.4 Å². The van der Waals surface area contributed by atoms with Crippen molar-refractivity contribution in [2.24, 2.45) is 0 Å². The molecule has 37 heavy (non-hydrogen) atoms. The Bertz CT molecular complexity index is 1270. The van der Waals surface area contributed by atoms with Crippen LogP contribution in [0.5, 0.6) is 5.75 Å². The Labute approximate surface area is 217 Å². The highest BCUT2D eigenvalue weighted by Crippen LogP contribution is 2.21. The highest BCUT2D eigenvalue weighted by Gasteiger charge is 2.32. The number of pyridine rings is 1. The fourth-order valence-electron chi connectivity index (χ4n) is 3.86. The number of aliphatic hydroxyl groups excluding tert-OH is 2. The fraction of sp³-hybridized carbons (Fsp3) is 0.333. The largest absolute Gasteiger partial charge is 0.497 e. The van der Waals surface area contributed by atoms with Crippen LogP contribution in [0.2, 0.25) is 0 Å². The number of carbonyl (C=O) groups excluding carboxylic acids is 1. The highest BCUT2D eigenvalue weighted by atomic mass is 32.2. The topological polar surface area (TPSA) is 129 Å². The molecule has 1 aromatic heterocycles. The number of aryl methyl sites for hydroxylation is 1. The third-order valence-corrected chi connectivity index (χ3v) is 7.60. The molecule has 0 spiro atoms. The molecule has 0 fully saturated rings. The lowest BCUT2D eigenvalue weighted by molar-refractivity contribution is 0.0728. The summed E-state index contributed by atoms with van der Waals surface area (Å²) < 4.78 is 33.0. The van der Waals surface area contributed by atoms with E-state index in [9.17, 15) is 23.4 Å². The Morgan fingerprint density at radius 2 is 1.68 bits per heavy atom. The lowest BCUT2D eigenvalue weighted by atomic mass is 10.0. The van der Waals surface area contributed by atoms with E-state index in [1.54, 1.807) is 25.1 Å². The van der Waals surface area contributed by atoms with Gasteiger partial charge in [0.05, 0.1) is 30.3 Å². The SMILES string of the molecule is COc1ccc(S(=O)(=O)N(C[C@H](C)O)C[C@@H](O)[C@H](Cc2ccccc2)NC(=O)c2cccc(C)n2)cc1. The lowest BCUT2D eigenvalue weighted by Crippen LogP contribution is -2.51. The Morgan fingerprint density at radius 1 is 1.00 bits per heavy atom. The van der Waals surface area contributed by atoms with Crippen LogP contribution in [-0.2, 0) is 16.4 Å². The van der Waals surface area contributed by atoms with Gasteiger partial charge in [0.2, 0.25) is 10.0 Å². The number of hydrogen-bond donors (Lipinski definition) is 3. The zero-order chi connectivity index (χ0) is 27.0. The molecular weight excluding hydrogens is 494 g/mol. The maximum absolute atomic E-state index is 13.4. The van der Waals surface area contributed by atoms with Crippen molar-refractivity contribution in [3.8, 4) is 5.75 Å². The monoisotopic (exact) mass is 527 g/mol. The summed E-state index contributed by atoms with van der Waals surface area (Å²) in [5, 5.41) is 24.1. The summed E-state index contributed by atoms with van der Waals surface area (Å²) >= 11 is 0. The van der Waals surface area contributed by atoms with E-state index in [2.05, 4.69) is 10.3 Å². The molecule has 0 radical (unpaired) electrons. The number of ether oxygens (including phenoxy) is 1. The fourth-order valence-corrected chi connectivity index (χ4v) is 5.40. The van der Waals surface area contributed by atoms with Gasteiger partial charge in [0, 0.05) is 18.8 Å². The first kappa shape index (κ1) is 28.3. The van der Waals surface area contributed by atoms with Crippen LogP contribution in [0.15, 0.2) is 77.7 Å². The quantitative estimate of drug-likeness (QED) is 0.329. The number of rotatable bonds is 12. The second kappa shape index (κ2) is 12.8. The van der Waals surface area contributed by atoms with Crippen molar-refractivity contribution >= 4 is 15.9 Å². The molecule has 3 rings (SSSR count). The molecule has 3 aromatic rings. The van der Waals surface area contributed by atoms with E-state index in [4.69, 9.17) is 4.74 Å². The molecule has 1 amide bonds. The smallest absolute Gasteiger partial charge is 0.270 e. The molecule has 0 saturated carbocycles. The number of nitrogens with one attached hydrogen (secondary N) is 1. The number of carbonyl (C=O) groups is 1. The molecule has 3 N–H and O–H groups in total. The van der Waals surface area contributed by atoms with Crippen LogP contribution >= 0.6 is 0 Å². The number of aromatic nitrogens is 1. The minimum atomic E-state index is -4.08. The van der Waals surface area contributed by atoms with Crippen molar-refractivity contribution < 1.29 is 28.2 Å². The Hall–Kier alpha value is -3.31. The van der Waals surface area contributed by atoms with Crippen molar-refractivity contribution in [2.75, 3.05) is 20.2 Å². The van der Waals surface area contributed by atoms with Crippen LogP contribution in [0.1, 0.15) is 28.7 Å². The number of amides is 1. The van der Waals surface area contributed by atoms with E-state index in [1.165, 1.54) is 38.3 Å². The maximum Gasteiger partial charge on any atom is 0.270 e. The first-order valence-electron chi connectivity index (χ1n) is 11.9. The first-order valence-corrected chi connectivity index (χ1v) is 13.3. The standard InChI is InChI=1S/C27H33N3O6S/c1-19-8-7-11-24(28-19)27(33)29-25(16-21-9-5-4-6-10-21)26(32)18-30(17-20(2)31)37(34,35)23-14-12-22(36-3)13-15-23/h4-15,20,25-26,31-32H,16-18H2,1-3H3,(H,29,33)/t20-,25-,26+/m0/s1.